The van der Waals surface area contributed by atoms with Crippen LogP contribution in [0.15, 0.2) is 10.7 Å². The average Bonchev–Trinajstić information content (AvgIpc) is 2.06. The number of carbonyl (C=O) groups excluding carboxylic acids is 1. The minimum Gasteiger partial charge on any atom is -0.378 e. The normalized spacial score (nSPS) is 19.5. The summed E-state index contributed by atoms with van der Waals surface area (Å²) in [6.07, 6.45) is 1.84. The third-order valence-electron chi connectivity index (χ3n) is 1.68. The molecule has 0 bridgehead atoms. The number of morpholine rings is 1. The molecule has 1 fully saturated rings. The van der Waals surface area contributed by atoms with Crippen molar-refractivity contribution in [1.82, 2.24) is 4.90 Å². The van der Waals surface area contributed by atoms with E-state index in [1.165, 1.54) is 0 Å². The first kappa shape index (κ1) is 9.74. The molecule has 0 aromatic heterocycles. The third-order valence-corrected chi connectivity index (χ3v) is 2.44. The third kappa shape index (κ3) is 2.95. The van der Waals surface area contributed by atoms with Gasteiger partial charge in [0.25, 0.3) is 0 Å². The second kappa shape index (κ2) is 4.62. The number of hydrogen-bond acceptors (Lipinski definition) is 3. The summed E-state index contributed by atoms with van der Waals surface area (Å²) in [5.74, 6) is 0.0569. The molecular formula is C8H12BrNO2. The smallest absolute Gasteiger partial charge is 0.168 e. The Bertz CT molecular complexity index is 197. The molecule has 3 nitrogen and oxygen atoms in total. The Morgan fingerprint density at radius 1 is 1.50 bits per heavy atom. The summed E-state index contributed by atoms with van der Waals surface area (Å²) in [4.78, 5) is 12.9. The molecule has 12 heavy (non-hydrogen) atoms. The van der Waals surface area contributed by atoms with Gasteiger partial charge in [-0.05, 0) is 22.9 Å². The predicted molar refractivity (Wildman–Crippen MR) is 50.1 cm³/mol. The average molecular weight is 234 g/mol. The second-order valence-corrected chi connectivity index (χ2v) is 3.54. The van der Waals surface area contributed by atoms with E-state index < -0.39 is 0 Å². The van der Waals surface area contributed by atoms with Crippen molar-refractivity contribution in [3.63, 3.8) is 0 Å². The fraction of sp³-hybridized carbons (Fsp3) is 0.625. The molecule has 0 spiro atoms. The summed E-state index contributed by atoms with van der Waals surface area (Å²) < 4.78 is 5.80. The standard InChI is InChI=1S/C8H12BrNO2/c1-7(11)8(9)6-10-2-4-12-5-3-10/h6H,2-5H2,1H3. The van der Waals surface area contributed by atoms with Crippen LogP contribution >= 0.6 is 15.9 Å². The molecule has 0 N–H and O–H groups in total. The number of Topliss-reactive ketones (excluding diaryl/α,β-unsaturated/α-hetero) is 1. The van der Waals surface area contributed by atoms with E-state index >= 15 is 0 Å². The van der Waals surface area contributed by atoms with E-state index in [9.17, 15) is 4.79 Å². The summed E-state index contributed by atoms with van der Waals surface area (Å²) in [7, 11) is 0. The Morgan fingerprint density at radius 2 is 2.08 bits per heavy atom. The molecule has 0 aromatic carbocycles. The minimum absolute atomic E-state index is 0.0569. The monoisotopic (exact) mass is 233 g/mol. The van der Waals surface area contributed by atoms with Crippen molar-refractivity contribution in [3.05, 3.63) is 10.7 Å². The van der Waals surface area contributed by atoms with Crippen LogP contribution in [0.2, 0.25) is 0 Å². The fourth-order valence-electron chi connectivity index (χ4n) is 0.958. The highest BCUT2D eigenvalue weighted by molar-refractivity contribution is 9.12. The van der Waals surface area contributed by atoms with E-state index in [1.807, 2.05) is 6.20 Å². The summed E-state index contributed by atoms with van der Waals surface area (Å²) in [6.45, 7) is 4.76. The van der Waals surface area contributed by atoms with Crippen LogP contribution in [0.5, 0.6) is 0 Å². The van der Waals surface area contributed by atoms with Crippen molar-refractivity contribution in [1.29, 1.82) is 0 Å². The quantitative estimate of drug-likeness (QED) is 0.671. The predicted octanol–water partition coefficient (Wildman–Crippen LogP) is 1.14. The lowest BCUT2D eigenvalue weighted by Gasteiger charge is -2.25. The number of hydrogen-bond donors (Lipinski definition) is 0. The maximum absolute atomic E-state index is 10.8. The second-order valence-electron chi connectivity index (χ2n) is 2.68. The van der Waals surface area contributed by atoms with Gasteiger partial charge in [-0.15, -0.1) is 0 Å². The van der Waals surface area contributed by atoms with Gasteiger partial charge in [0, 0.05) is 19.3 Å². The fourth-order valence-corrected chi connectivity index (χ4v) is 1.25. The van der Waals surface area contributed by atoms with Gasteiger partial charge in [0.15, 0.2) is 5.78 Å². The van der Waals surface area contributed by atoms with Crippen LogP contribution in [0.4, 0.5) is 0 Å². The molecule has 0 atom stereocenters. The van der Waals surface area contributed by atoms with Crippen LogP contribution in [-0.2, 0) is 9.53 Å². The lowest BCUT2D eigenvalue weighted by molar-refractivity contribution is -0.113. The van der Waals surface area contributed by atoms with Gasteiger partial charge in [-0.25, -0.2) is 0 Å². The van der Waals surface area contributed by atoms with Gasteiger partial charge in [0.1, 0.15) is 0 Å². The highest BCUT2D eigenvalue weighted by atomic mass is 79.9. The van der Waals surface area contributed by atoms with Crippen molar-refractivity contribution >= 4 is 21.7 Å². The van der Waals surface area contributed by atoms with Gasteiger partial charge in [0.2, 0.25) is 0 Å². The van der Waals surface area contributed by atoms with Crippen molar-refractivity contribution < 1.29 is 9.53 Å². The van der Waals surface area contributed by atoms with E-state index in [1.54, 1.807) is 6.92 Å². The zero-order chi connectivity index (χ0) is 8.97. The first-order valence-corrected chi connectivity index (χ1v) is 4.69. The lowest BCUT2D eigenvalue weighted by Crippen LogP contribution is -2.32. The number of ketones is 1. The Balaban J connectivity index is 2.47. The van der Waals surface area contributed by atoms with Gasteiger partial charge in [-0.2, -0.15) is 0 Å². The molecule has 4 heteroatoms. The van der Waals surface area contributed by atoms with Gasteiger partial charge in [-0.3, -0.25) is 4.79 Å². The molecule has 1 aliphatic heterocycles. The summed E-state index contributed by atoms with van der Waals surface area (Å²) in [6, 6.07) is 0. The van der Waals surface area contributed by atoms with E-state index in [0.29, 0.717) is 4.48 Å². The Labute approximate surface area is 80.5 Å². The molecule has 0 aliphatic carbocycles. The van der Waals surface area contributed by atoms with Crippen LogP contribution < -0.4 is 0 Å². The van der Waals surface area contributed by atoms with Gasteiger partial charge in [-0.1, -0.05) is 0 Å². The van der Waals surface area contributed by atoms with Crippen LogP contribution in [0.1, 0.15) is 6.92 Å². The maximum atomic E-state index is 10.8. The van der Waals surface area contributed by atoms with Gasteiger partial charge >= 0.3 is 0 Å². The van der Waals surface area contributed by atoms with E-state index in [4.69, 9.17) is 4.74 Å². The highest BCUT2D eigenvalue weighted by Gasteiger charge is 2.08. The zero-order valence-corrected chi connectivity index (χ0v) is 8.63. The largest absolute Gasteiger partial charge is 0.378 e. The summed E-state index contributed by atoms with van der Waals surface area (Å²) in [5, 5.41) is 0. The van der Waals surface area contributed by atoms with E-state index in [2.05, 4.69) is 20.8 Å². The number of allylic oxidation sites excluding steroid dienone is 1. The topological polar surface area (TPSA) is 29.5 Å². The Kier molecular flexibility index (Phi) is 3.75. The van der Waals surface area contributed by atoms with E-state index in [-0.39, 0.29) is 5.78 Å². The molecule has 1 aliphatic rings. The van der Waals surface area contributed by atoms with E-state index in [0.717, 1.165) is 26.3 Å². The minimum atomic E-state index is 0.0569. The SMILES string of the molecule is CC(=O)C(Br)=CN1CCOCC1. The number of carbonyl (C=O) groups is 1. The molecule has 1 saturated heterocycles. The van der Waals surface area contributed by atoms with Crippen molar-refractivity contribution in [2.75, 3.05) is 26.3 Å². The van der Waals surface area contributed by atoms with Crippen LogP contribution in [0.3, 0.4) is 0 Å². The van der Waals surface area contributed by atoms with Crippen LogP contribution in [-0.4, -0.2) is 37.0 Å². The summed E-state index contributed by atoms with van der Waals surface area (Å²) >= 11 is 3.21. The molecule has 0 saturated carbocycles. The first-order chi connectivity index (χ1) is 5.70. The lowest BCUT2D eigenvalue weighted by atomic mass is 10.4. The molecule has 1 rings (SSSR count). The summed E-state index contributed by atoms with van der Waals surface area (Å²) in [5.41, 5.74) is 0. The Hall–Kier alpha value is -0.350. The Morgan fingerprint density at radius 3 is 2.58 bits per heavy atom. The van der Waals surface area contributed by atoms with Gasteiger partial charge in [0.05, 0.1) is 17.7 Å². The molecular weight excluding hydrogens is 222 g/mol. The van der Waals surface area contributed by atoms with Crippen molar-refractivity contribution in [2.45, 2.75) is 6.92 Å². The molecule has 0 unspecified atom stereocenters. The zero-order valence-electron chi connectivity index (χ0n) is 7.05. The number of nitrogens with zero attached hydrogens (tertiary/aromatic N) is 1. The highest BCUT2D eigenvalue weighted by Crippen LogP contribution is 2.09. The van der Waals surface area contributed by atoms with Crippen molar-refractivity contribution in [2.24, 2.45) is 0 Å². The molecule has 0 aromatic rings. The number of halogens is 1. The van der Waals surface area contributed by atoms with Crippen molar-refractivity contribution in [3.8, 4) is 0 Å². The van der Waals surface area contributed by atoms with Crippen LogP contribution in [0, 0.1) is 0 Å². The first-order valence-electron chi connectivity index (χ1n) is 3.90. The molecule has 0 amide bonds. The molecule has 1 heterocycles. The molecule has 68 valence electrons. The number of rotatable bonds is 2. The maximum Gasteiger partial charge on any atom is 0.168 e. The van der Waals surface area contributed by atoms with Gasteiger partial charge < -0.3 is 9.64 Å². The number of ether oxygens (including phenoxy) is 1. The molecule has 0 radical (unpaired) electrons. The van der Waals surface area contributed by atoms with Crippen LogP contribution in [0.25, 0.3) is 0 Å².